The molecule has 2 rings (SSSR count). The molecule has 1 aliphatic rings. The molecule has 0 heterocycles. The van der Waals surface area contributed by atoms with Gasteiger partial charge in [0.25, 0.3) is 0 Å². The average Bonchev–Trinajstić information content (AvgIpc) is 2.72. The number of rotatable bonds is 5. The van der Waals surface area contributed by atoms with Crippen molar-refractivity contribution in [3.8, 4) is 0 Å². The van der Waals surface area contributed by atoms with Gasteiger partial charge >= 0.3 is 0 Å². The van der Waals surface area contributed by atoms with Crippen LogP contribution in [0.3, 0.4) is 0 Å². The Kier molecular flexibility index (Phi) is 4.56. The fourth-order valence-electron chi connectivity index (χ4n) is 2.56. The molecular weight excluding hydrogens is 240 g/mol. The summed E-state index contributed by atoms with van der Waals surface area (Å²) < 4.78 is 0. The Morgan fingerprint density at radius 2 is 2.26 bits per heavy atom. The van der Waals surface area contributed by atoms with E-state index in [1.54, 1.807) is 0 Å². The van der Waals surface area contributed by atoms with Gasteiger partial charge in [0.1, 0.15) is 0 Å². The van der Waals surface area contributed by atoms with Crippen LogP contribution >= 0.6 is 0 Å². The molecule has 1 unspecified atom stereocenters. The van der Waals surface area contributed by atoms with Crippen LogP contribution in [0.25, 0.3) is 0 Å². The molecule has 4 nitrogen and oxygen atoms in total. The molecule has 19 heavy (non-hydrogen) atoms. The van der Waals surface area contributed by atoms with E-state index >= 15 is 0 Å². The van der Waals surface area contributed by atoms with Crippen molar-refractivity contribution in [2.75, 3.05) is 0 Å². The number of aliphatic hydroxyl groups excluding tert-OH is 1. The Morgan fingerprint density at radius 1 is 1.53 bits per heavy atom. The summed E-state index contributed by atoms with van der Waals surface area (Å²) >= 11 is 0. The van der Waals surface area contributed by atoms with Gasteiger partial charge in [0, 0.05) is 6.42 Å². The molecule has 1 aromatic rings. The Labute approximate surface area is 114 Å². The third-order valence-corrected chi connectivity index (χ3v) is 3.71. The van der Waals surface area contributed by atoms with Gasteiger partial charge in [0.2, 0.25) is 5.91 Å². The van der Waals surface area contributed by atoms with Crippen molar-refractivity contribution in [3.05, 3.63) is 35.4 Å². The molecule has 0 aliphatic heterocycles. The van der Waals surface area contributed by atoms with Crippen molar-refractivity contribution in [3.63, 3.8) is 0 Å². The second-order valence-corrected chi connectivity index (χ2v) is 5.21. The van der Waals surface area contributed by atoms with Gasteiger partial charge in [-0.05, 0) is 17.5 Å². The SMILES string of the molecule is CCCCC(N)C(=O)N[C@@H]1c2ccccc2C[C@@H]1O. The van der Waals surface area contributed by atoms with Crippen LogP contribution in [0.1, 0.15) is 43.4 Å². The van der Waals surface area contributed by atoms with Gasteiger partial charge in [0.15, 0.2) is 0 Å². The van der Waals surface area contributed by atoms with E-state index in [0.29, 0.717) is 12.8 Å². The molecule has 4 heteroatoms. The lowest BCUT2D eigenvalue weighted by atomic mass is 10.1. The number of fused-ring (bicyclic) bond motifs is 1. The molecule has 0 fully saturated rings. The minimum Gasteiger partial charge on any atom is -0.390 e. The predicted octanol–water partition coefficient (Wildman–Crippen LogP) is 1.28. The fourth-order valence-corrected chi connectivity index (χ4v) is 2.56. The zero-order valence-corrected chi connectivity index (χ0v) is 11.3. The van der Waals surface area contributed by atoms with Crippen molar-refractivity contribution < 1.29 is 9.90 Å². The standard InChI is InChI=1S/C15H22N2O2/c1-2-3-8-12(16)15(19)17-14-11-7-5-4-6-10(11)9-13(14)18/h4-7,12-14,18H,2-3,8-9,16H2,1H3,(H,17,19)/t12?,13-,14+/m0/s1. The van der Waals surface area contributed by atoms with Crippen molar-refractivity contribution in [1.82, 2.24) is 5.32 Å². The molecule has 0 saturated heterocycles. The van der Waals surface area contributed by atoms with Crippen LogP contribution in [0.2, 0.25) is 0 Å². The average molecular weight is 262 g/mol. The second-order valence-electron chi connectivity index (χ2n) is 5.21. The quantitative estimate of drug-likeness (QED) is 0.748. The Morgan fingerprint density at radius 3 is 3.00 bits per heavy atom. The van der Waals surface area contributed by atoms with Crippen LogP contribution in [0.15, 0.2) is 24.3 Å². The van der Waals surface area contributed by atoms with Crippen LogP contribution < -0.4 is 11.1 Å². The number of nitrogens with one attached hydrogen (secondary N) is 1. The topological polar surface area (TPSA) is 75.4 Å². The summed E-state index contributed by atoms with van der Waals surface area (Å²) in [6, 6.07) is 7.00. The third kappa shape index (κ3) is 3.14. The van der Waals surface area contributed by atoms with Gasteiger partial charge in [-0.25, -0.2) is 0 Å². The van der Waals surface area contributed by atoms with Gasteiger partial charge in [-0.2, -0.15) is 0 Å². The van der Waals surface area contributed by atoms with E-state index in [1.165, 1.54) is 0 Å². The van der Waals surface area contributed by atoms with Gasteiger partial charge < -0.3 is 16.2 Å². The number of carbonyl (C=O) groups is 1. The van der Waals surface area contributed by atoms with Gasteiger partial charge in [-0.15, -0.1) is 0 Å². The molecule has 0 radical (unpaired) electrons. The first-order chi connectivity index (χ1) is 9.13. The molecule has 3 atom stereocenters. The highest BCUT2D eigenvalue weighted by molar-refractivity contribution is 5.82. The lowest BCUT2D eigenvalue weighted by molar-refractivity contribution is -0.124. The molecular formula is C15H22N2O2. The highest BCUT2D eigenvalue weighted by Gasteiger charge is 2.32. The molecule has 1 aliphatic carbocycles. The van der Waals surface area contributed by atoms with E-state index < -0.39 is 12.1 Å². The maximum absolute atomic E-state index is 12.0. The number of carbonyl (C=O) groups excluding carboxylic acids is 1. The molecule has 1 aromatic carbocycles. The first-order valence-electron chi connectivity index (χ1n) is 6.95. The molecule has 0 spiro atoms. The lowest BCUT2D eigenvalue weighted by Gasteiger charge is -2.20. The molecule has 104 valence electrons. The Balaban J connectivity index is 2.01. The summed E-state index contributed by atoms with van der Waals surface area (Å²) in [4.78, 5) is 12.0. The normalized spacial score (nSPS) is 22.9. The number of hydrogen-bond acceptors (Lipinski definition) is 3. The highest BCUT2D eigenvalue weighted by Crippen LogP contribution is 2.31. The van der Waals surface area contributed by atoms with E-state index in [-0.39, 0.29) is 11.9 Å². The number of nitrogens with two attached hydrogens (primary N) is 1. The molecule has 0 saturated carbocycles. The van der Waals surface area contributed by atoms with Gasteiger partial charge in [-0.1, -0.05) is 44.0 Å². The van der Waals surface area contributed by atoms with Gasteiger partial charge in [0.05, 0.1) is 18.2 Å². The zero-order chi connectivity index (χ0) is 13.8. The second kappa shape index (κ2) is 6.17. The van der Waals surface area contributed by atoms with E-state index in [4.69, 9.17) is 5.73 Å². The number of unbranched alkanes of at least 4 members (excludes halogenated alkanes) is 1. The molecule has 0 bridgehead atoms. The Bertz CT molecular complexity index is 448. The molecule has 0 aromatic heterocycles. The third-order valence-electron chi connectivity index (χ3n) is 3.71. The van der Waals surface area contributed by atoms with Crippen molar-refractivity contribution in [2.24, 2.45) is 5.73 Å². The number of aliphatic hydroxyl groups is 1. The number of benzene rings is 1. The minimum atomic E-state index is -0.556. The summed E-state index contributed by atoms with van der Waals surface area (Å²) in [5.41, 5.74) is 7.96. The van der Waals surface area contributed by atoms with Crippen LogP contribution in [0, 0.1) is 0 Å². The highest BCUT2D eigenvalue weighted by atomic mass is 16.3. The van der Waals surface area contributed by atoms with Crippen molar-refractivity contribution in [2.45, 2.75) is 50.8 Å². The molecule has 4 N–H and O–H groups in total. The van der Waals surface area contributed by atoms with Crippen molar-refractivity contribution in [1.29, 1.82) is 0 Å². The maximum Gasteiger partial charge on any atom is 0.237 e. The van der Waals surface area contributed by atoms with Gasteiger partial charge in [-0.3, -0.25) is 4.79 Å². The van der Waals surface area contributed by atoms with E-state index in [2.05, 4.69) is 12.2 Å². The van der Waals surface area contributed by atoms with Crippen LogP contribution in [-0.4, -0.2) is 23.2 Å². The minimum absolute atomic E-state index is 0.172. The number of hydrogen-bond donors (Lipinski definition) is 3. The zero-order valence-electron chi connectivity index (χ0n) is 11.3. The van der Waals surface area contributed by atoms with E-state index in [9.17, 15) is 9.90 Å². The first kappa shape index (κ1) is 14.0. The summed E-state index contributed by atoms with van der Waals surface area (Å²) in [6.45, 7) is 2.07. The lowest BCUT2D eigenvalue weighted by Crippen LogP contribution is -2.44. The summed E-state index contributed by atoms with van der Waals surface area (Å²) in [6.07, 6.45) is 2.69. The first-order valence-corrected chi connectivity index (χ1v) is 6.95. The fraction of sp³-hybridized carbons (Fsp3) is 0.533. The number of amides is 1. The largest absolute Gasteiger partial charge is 0.390 e. The van der Waals surface area contributed by atoms with E-state index in [0.717, 1.165) is 24.0 Å². The maximum atomic E-state index is 12.0. The van der Waals surface area contributed by atoms with Crippen molar-refractivity contribution >= 4 is 5.91 Å². The smallest absolute Gasteiger partial charge is 0.237 e. The van der Waals surface area contributed by atoms with E-state index in [1.807, 2.05) is 24.3 Å². The summed E-state index contributed by atoms with van der Waals surface area (Å²) in [5, 5.41) is 12.9. The summed E-state index contributed by atoms with van der Waals surface area (Å²) in [7, 11) is 0. The van der Waals surface area contributed by atoms with Crippen LogP contribution in [0.4, 0.5) is 0 Å². The predicted molar refractivity (Wildman–Crippen MR) is 74.5 cm³/mol. The summed E-state index contributed by atoms with van der Waals surface area (Å²) in [5.74, 6) is -0.172. The van der Waals surface area contributed by atoms with Crippen LogP contribution in [-0.2, 0) is 11.2 Å². The monoisotopic (exact) mass is 262 g/mol. The molecule has 1 amide bonds. The van der Waals surface area contributed by atoms with Crippen LogP contribution in [0.5, 0.6) is 0 Å². The Hall–Kier alpha value is -1.39.